The highest BCUT2D eigenvalue weighted by Gasteiger charge is 2.36. The van der Waals surface area contributed by atoms with E-state index in [1.807, 2.05) is 18.7 Å². The summed E-state index contributed by atoms with van der Waals surface area (Å²) in [6.45, 7) is 5.11. The first kappa shape index (κ1) is 15.9. The summed E-state index contributed by atoms with van der Waals surface area (Å²) in [7, 11) is 0. The van der Waals surface area contributed by atoms with Crippen LogP contribution in [0, 0.1) is 0 Å². The summed E-state index contributed by atoms with van der Waals surface area (Å²) < 4.78 is 38.9. The summed E-state index contributed by atoms with van der Waals surface area (Å²) in [5.41, 5.74) is 0. The summed E-state index contributed by atoms with van der Waals surface area (Å²) in [5.74, 6) is -0.485. The molecule has 7 heteroatoms. The molecule has 21 heavy (non-hydrogen) atoms. The van der Waals surface area contributed by atoms with Gasteiger partial charge in [0.1, 0.15) is 11.6 Å². The SMILES string of the molecule is CCNc1cc(N2CCCCCC2C)nc(C(F)(F)F)n1. The lowest BCUT2D eigenvalue weighted by molar-refractivity contribution is -0.144. The summed E-state index contributed by atoms with van der Waals surface area (Å²) >= 11 is 0. The lowest BCUT2D eigenvalue weighted by Gasteiger charge is -2.29. The van der Waals surface area contributed by atoms with Crippen LogP contribution >= 0.6 is 0 Å². The molecule has 1 aliphatic heterocycles. The first-order valence-electron chi connectivity index (χ1n) is 7.38. The van der Waals surface area contributed by atoms with Crippen LogP contribution < -0.4 is 10.2 Å². The van der Waals surface area contributed by atoms with Gasteiger partial charge in [-0.1, -0.05) is 12.8 Å². The number of aromatic nitrogens is 2. The van der Waals surface area contributed by atoms with E-state index in [0.717, 1.165) is 32.2 Å². The Labute approximate surface area is 122 Å². The van der Waals surface area contributed by atoms with Crippen molar-refractivity contribution in [3.63, 3.8) is 0 Å². The quantitative estimate of drug-likeness (QED) is 0.924. The molecule has 2 rings (SSSR count). The highest BCUT2D eigenvalue weighted by molar-refractivity contribution is 5.50. The van der Waals surface area contributed by atoms with Gasteiger partial charge in [-0.2, -0.15) is 13.2 Å². The minimum absolute atomic E-state index is 0.193. The van der Waals surface area contributed by atoms with Crippen molar-refractivity contribution >= 4 is 11.6 Å². The van der Waals surface area contributed by atoms with E-state index in [9.17, 15) is 13.2 Å². The van der Waals surface area contributed by atoms with Gasteiger partial charge in [-0.3, -0.25) is 0 Å². The molecular weight excluding hydrogens is 281 g/mol. The van der Waals surface area contributed by atoms with Gasteiger partial charge in [-0.05, 0) is 26.7 Å². The van der Waals surface area contributed by atoms with Gasteiger partial charge in [0.15, 0.2) is 0 Å². The second-order valence-corrected chi connectivity index (χ2v) is 5.35. The summed E-state index contributed by atoms with van der Waals surface area (Å²) in [5, 5.41) is 2.85. The normalized spacial score (nSPS) is 20.2. The average Bonchev–Trinajstić information content (AvgIpc) is 2.62. The van der Waals surface area contributed by atoms with Crippen molar-refractivity contribution in [2.75, 3.05) is 23.3 Å². The number of nitrogens with one attached hydrogen (secondary N) is 1. The van der Waals surface area contributed by atoms with E-state index in [-0.39, 0.29) is 11.9 Å². The summed E-state index contributed by atoms with van der Waals surface area (Å²) in [6.07, 6.45) is -0.365. The van der Waals surface area contributed by atoms with Crippen LogP contribution in [0.5, 0.6) is 0 Å². The number of hydrogen-bond acceptors (Lipinski definition) is 4. The van der Waals surface area contributed by atoms with Crippen molar-refractivity contribution < 1.29 is 13.2 Å². The molecule has 1 aromatic heterocycles. The maximum atomic E-state index is 13.0. The van der Waals surface area contributed by atoms with Gasteiger partial charge in [0, 0.05) is 25.2 Å². The lowest BCUT2D eigenvalue weighted by Crippen LogP contribution is -2.34. The number of rotatable bonds is 3. The minimum Gasteiger partial charge on any atom is -0.370 e. The molecule has 1 aliphatic rings. The molecule has 118 valence electrons. The average molecular weight is 302 g/mol. The topological polar surface area (TPSA) is 41.0 Å². The highest BCUT2D eigenvalue weighted by Crippen LogP contribution is 2.31. The molecule has 1 atom stereocenters. The third kappa shape index (κ3) is 3.98. The number of anilines is 2. The standard InChI is InChI=1S/C14H21F3N4/c1-3-18-11-9-12(20-13(19-11)14(15,16)17)21-8-6-4-5-7-10(21)2/h9-10H,3-8H2,1-2H3,(H,18,19,20). The van der Waals surface area contributed by atoms with Crippen molar-refractivity contribution in [3.05, 3.63) is 11.9 Å². The molecule has 1 fully saturated rings. The lowest BCUT2D eigenvalue weighted by atomic mass is 10.1. The van der Waals surface area contributed by atoms with Gasteiger partial charge in [0.2, 0.25) is 5.82 Å². The zero-order valence-electron chi connectivity index (χ0n) is 12.4. The van der Waals surface area contributed by atoms with Gasteiger partial charge in [0.05, 0.1) is 0 Å². The Morgan fingerprint density at radius 2 is 2.05 bits per heavy atom. The van der Waals surface area contributed by atoms with Crippen LogP contribution in [0.2, 0.25) is 0 Å². The Hall–Kier alpha value is -1.53. The fourth-order valence-electron chi connectivity index (χ4n) is 2.60. The van der Waals surface area contributed by atoms with E-state index in [2.05, 4.69) is 15.3 Å². The smallest absolute Gasteiger partial charge is 0.370 e. The Bertz CT molecular complexity index is 476. The van der Waals surface area contributed by atoms with Crippen LogP contribution in [-0.2, 0) is 6.18 Å². The van der Waals surface area contributed by atoms with Gasteiger partial charge < -0.3 is 10.2 Å². The maximum absolute atomic E-state index is 13.0. The number of alkyl halides is 3. The fourth-order valence-corrected chi connectivity index (χ4v) is 2.60. The van der Waals surface area contributed by atoms with Crippen LogP contribution in [-0.4, -0.2) is 29.1 Å². The largest absolute Gasteiger partial charge is 0.451 e. The molecule has 0 amide bonds. The minimum atomic E-state index is -4.53. The monoisotopic (exact) mass is 302 g/mol. The predicted octanol–water partition coefficient (Wildman–Crippen LogP) is 3.70. The third-order valence-corrected chi connectivity index (χ3v) is 3.67. The Kier molecular flexibility index (Phi) is 4.90. The second kappa shape index (κ2) is 6.49. The van der Waals surface area contributed by atoms with Gasteiger partial charge in [-0.25, -0.2) is 9.97 Å². The first-order valence-corrected chi connectivity index (χ1v) is 7.38. The fraction of sp³-hybridized carbons (Fsp3) is 0.714. The molecule has 1 aromatic rings. The van der Waals surface area contributed by atoms with E-state index in [4.69, 9.17) is 0 Å². The van der Waals surface area contributed by atoms with Crippen molar-refractivity contribution in [1.82, 2.24) is 9.97 Å². The molecule has 0 bridgehead atoms. The van der Waals surface area contributed by atoms with Crippen molar-refractivity contribution in [2.45, 2.75) is 51.7 Å². The van der Waals surface area contributed by atoms with Crippen molar-refractivity contribution in [3.8, 4) is 0 Å². The zero-order valence-corrected chi connectivity index (χ0v) is 12.4. The third-order valence-electron chi connectivity index (χ3n) is 3.67. The molecule has 1 unspecified atom stereocenters. The predicted molar refractivity (Wildman–Crippen MR) is 76.5 cm³/mol. The zero-order chi connectivity index (χ0) is 15.5. The van der Waals surface area contributed by atoms with Crippen LogP contribution in [0.3, 0.4) is 0 Å². The number of nitrogens with zero attached hydrogens (tertiary/aromatic N) is 3. The Morgan fingerprint density at radius 1 is 1.29 bits per heavy atom. The summed E-state index contributed by atoms with van der Waals surface area (Å²) in [6, 6.07) is 1.80. The molecule has 1 N–H and O–H groups in total. The molecule has 0 aliphatic carbocycles. The van der Waals surface area contributed by atoms with E-state index >= 15 is 0 Å². The summed E-state index contributed by atoms with van der Waals surface area (Å²) in [4.78, 5) is 9.28. The molecule has 0 aromatic carbocycles. The van der Waals surface area contributed by atoms with E-state index < -0.39 is 12.0 Å². The van der Waals surface area contributed by atoms with Crippen LogP contribution in [0.15, 0.2) is 6.07 Å². The van der Waals surface area contributed by atoms with Crippen LogP contribution in [0.25, 0.3) is 0 Å². The van der Waals surface area contributed by atoms with Crippen LogP contribution in [0.1, 0.15) is 45.4 Å². The number of halogens is 3. The molecule has 4 nitrogen and oxygen atoms in total. The number of hydrogen-bond donors (Lipinski definition) is 1. The first-order chi connectivity index (χ1) is 9.91. The van der Waals surface area contributed by atoms with Crippen LogP contribution in [0.4, 0.5) is 24.8 Å². The molecule has 0 saturated carbocycles. The maximum Gasteiger partial charge on any atom is 0.451 e. The van der Waals surface area contributed by atoms with Gasteiger partial charge >= 0.3 is 6.18 Å². The van der Waals surface area contributed by atoms with E-state index in [1.165, 1.54) is 0 Å². The Balaban J connectivity index is 2.38. The molecular formula is C14H21F3N4. The second-order valence-electron chi connectivity index (χ2n) is 5.35. The molecule has 2 heterocycles. The van der Waals surface area contributed by atoms with E-state index in [1.54, 1.807) is 6.07 Å². The van der Waals surface area contributed by atoms with Gasteiger partial charge in [0.25, 0.3) is 0 Å². The molecule has 1 saturated heterocycles. The van der Waals surface area contributed by atoms with Crippen molar-refractivity contribution in [2.24, 2.45) is 0 Å². The Morgan fingerprint density at radius 3 is 2.71 bits per heavy atom. The molecule has 0 spiro atoms. The van der Waals surface area contributed by atoms with Crippen molar-refractivity contribution in [1.29, 1.82) is 0 Å². The molecule has 0 radical (unpaired) electrons. The van der Waals surface area contributed by atoms with E-state index in [0.29, 0.717) is 12.4 Å². The van der Waals surface area contributed by atoms with Gasteiger partial charge in [-0.15, -0.1) is 0 Å². The highest BCUT2D eigenvalue weighted by atomic mass is 19.4.